The normalized spacial score (nSPS) is 10.7. The highest BCUT2D eigenvalue weighted by molar-refractivity contribution is 6.01. The molecule has 3 N–H and O–H groups in total. The summed E-state index contributed by atoms with van der Waals surface area (Å²) in [6.07, 6.45) is 5.06. The third-order valence-corrected chi connectivity index (χ3v) is 4.32. The van der Waals surface area contributed by atoms with Gasteiger partial charge in [0.15, 0.2) is 5.75 Å². The Morgan fingerprint density at radius 1 is 1.16 bits per heavy atom. The van der Waals surface area contributed by atoms with Crippen molar-refractivity contribution in [2.45, 2.75) is 6.92 Å². The zero-order chi connectivity index (χ0) is 23.1. The number of nitrogens with one attached hydrogen (secondary N) is 2. The van der Waals surface area contributed by atoms with Gasteiger partial charge in [-0.15, -0.1) is 0 Å². The molecular formula is C22H19N3O7. The molecule has 2 aromatic carbocycles. The van der Waals surface area contributed by atoms with Crippen LogP contribution in [0.4, 0.5) is 5.69 Å². The monoisotopic (exact) mass is 437 g/mol. The van der Waals surface area contributed by atoms with Crippen LogP contribution in [-0.2, 0) is 0 Å². The second-order valence-corrected chi connectivity index (χ2v) is 6.44. The number of hydrogen-bond acceptors (Lipinski definition) is 7. The molecule has 0 aliphatic heterocycles. The smallest absolute Gasteiger partial charge is 0.311 e. The van der Waals surface area contributed by atoms with Gasteiger partial charge in [0, 0.05) is 17.2 Å². The molecule has 0 spiro atoms. The average Bonchev–Trinajstić information content (AvgIpc) is 3.28. The highest BCUT2D eigenvalue weighted by atomic mass is 16.6. The van der Waals surface area contributed by atoms with Crippen molar-refractivity contribution in [1.82, 2.24) is 10.9 Å². The summed E-state index contributed by atoms with van der Waals surface area (Å²) in [5, 5.41) is 20.4. The molecule has 32 heavy (non-hydrogen) atoms. The number of phenolic OH excluding ortho intramolecular Hbond substituents is 1. The summed E-state index contributed by atoms with van der Waals surface area (Å²) in [5.74, 6) is -1.56. The topological polar surface area (TPSA) is 144 Å². The first kappa shape index (κ1) is 22.1. The maximum atomic E-state index is 12.6. The molecule has 1 heterocycles. The number of allylic oxidation sites excluding steroid dienone is 1. The summed E-state index contributed by atoms with van der Waals surface area (Å²) in [5.41, 5.74) is 4.76. The summed E-state index contributed by atoms with van der Waals surface area (Å²) >= 11 is 0. The molecule has 2 amide bonds. The predicted molar refractivity (Wildman–Crippen MR) is 114 cm³/mol. The second kappa shape index (κ2) is 9.94. The number of benzene rings is 2. The van der Waals surface area contributed by atoms with Crippen LogP contribution in [0.15, 0.2) is 71.4 Å². The molecular weight excluding hydrogens is 418 g/mol. The number of carbonyl (C=O) groups is 2. The van der Waals surface area contributed by atoms with E-state index in [1.165, 1.54) is 12.3 Å². The standard InChI is InChI=1S/C22H19N3O7/c1-2-3-10-31-16-6-4-5-14(12-16)17-9-11-32-20(17)22(28)24-23-21(27)15-7-8-19(26)18(13-15)25(29)30/h2-9,11-13,26H,10H2,1H3,(H,23,27)(H,24,28). The van der Waals surface area contributed by atoms with Crippen molar-refractivity contribution in [3.8, 4) is 22.6 Å². The van der Waals surface area contributed by atoms with E-state index in [0.29, 0.717) is 23.5 Å². The average molecular weight is 437 g/mol. The maximum absolute atomic E-state index is 12.6. The number of ether oxygens (including phenoxy) is 1. The van der Waals surface area contributed by atoms with Crippen LogP contribution in [-0.4, -0.2) is 28.5 Å². The van der Waals surface area contributed by atoms with Crippen LogP contribution in [0.1, 0.15) is 27.8 Å². The van der Waals surface area contributed by atoms with E-state index in [1.54, 1.807) is 30.3 Å². The van der Waals surface area contributed by atoms with Gasteiger partial charge in [-0.1, -0.05) is 24.3 Å². The molecule has 10 nitrogen and oxygen atoms in total. The molecule has 0 aliphatic carbocycles. The van der Waals surface area contributed by atoms with Crippen LogP contribution in [0.3, 0.4) is 0 Å². The van der Waals surface area contributed by atoms with Gasteiger partial charge in [0.05, 0.1) is 11.2 Å². The SMILES string of the molecule is CC=CCOc1cccc(-c2ccoc2C(=O)NNC(=O)c2ccc(O)c([N+](=O)[O-])c2)c1. The number of nitro benzene ring substituents is 1. The second-order valence-electron chi connectivity index (χ2n) is 6.44. The lowest BCUT2D eigenvalue weighted by atomic mass is 10.1. The Balaban J connectivity index is 1.71. The Kier molecular flexibility index (Phi) is 6.86. The third kappa shape index (κ3) is 5.11. The summed E-state index contributed by atoms with van der Waals surface area (Å²) < 4.78 is 10.9. The summed E-state index contributed by atoms with van der Waals surface area (Å²) in [7, 11) is 0. The van der Waals surface area contributed by atoms with E-state index >= 15 is 0 Å². The molecule has 1 aromatic heterocycles. The minimum atomic E-state index is -0.823. The van der Waals surface area contributed by atoms with E-state index in [0.717, 1.165) is 12.1 Å². The molecule has 0 saturated carbocycles. The number of aromatic hydroxyl groups is 1. The Morgan fingerprint density at radius 2 is 1.94 bits per heavy atom. The van der Waals surface area contributed by atoms with Crippen LogP contribution in [0.5, 0.6) is 11.5 Å². The molecule has 0 aliphatic rings. The van der Waals surface area contributed by atoms with Gasteiger partial charge in [-0.05, 0) is 42.8 Å². The number of rotatable bonds is 7. The number of carbonyl (C=O) groups excluding carboxylic acids is 2. The van der Waals surface area contributed by atoms with Gasteiger partial charge in [-0.2, -0.15) is 0 Å². The number of nitrogens with zero attached hydrogens (tertiary/aromatic N) is 1. The number of phenols is 1. The van der Waals surface area contributed by atoms with E-state index in [9.17, 15) is 24.8 Å². The van der Waals surface area contributed by atoms with E-state index in [1.807, 2.05) is 19.1 Å². The van der Waals surface area contributed by atoms with E-state index in [2.05, 4.69) is 10.9 Å². The summed E-state index contributed by atoms with van der Waals surface area (Å²) in [4.78, 5) is 34.9. The van der Waals surface area contributed by atoms with Crippen molar-refractivity contribution < 1.29 is 28.8 Å². The van der Waals surface area contributed by atoms with Crippen LogP contribution < -0.4 is 15.6 Å². The minimum Gasteiger partial charge on any atom is -0.502 e. The van der Waals surface area contributed by atoms with Crippen LogP contribution in [0, 0.1) is 10.1 Å². The first-order valence-corrected chi connectivity index (χ1v) is 9.40. The number of amides is 2. The Hall–Kier alpha value is -4.60. The minimum absolute atomic E-state index is 0.0485. The van der Waals surface area contributed by atoms with Gasteiger partial charge >= 0.3 is 11.6 Å². The van der Waals surface area contributed by atoms with Gasteiger partial charge < -0.3 is 14.3 Å². The molecule has 0 bridgehead atoms. The number of nitro groups is 1. The number of hydrogen-bond donors (Lipinski definition) is 3. The van der Waals surface area contributed by atoms with Crippen molar-refractivity contribution in [2.24, 2.45) is 0 Å². The zero-order valence-corrected chi connectivity index (χ0v) is 16.9. The Bertz CT molecular complexity index is 1180. The summed E-state index contributed by atoms with van der Waals surface area (Å²) in [6.45, 7) is 2.29. The quantitative estimate of drug-likeness (QED) is 0.291. The van der Waals surface area contributed by atoms with Crippen LogP contribution in [0.2, 0.25) is 0 Å². The van der Waals surface area contributed by atoms with Gasteiger partial charge in [-0.25, -0.2) is 0 Å². The Morgan fingerprint density at radius 3 is 2.69 bits per heavy atom. The van der Waals surface area contributed by atoms with Crippen LogP contribution >= 0.6 is 0 Å². The van der Waals surface area contributed by atoms with Crippen molar-refractivity contribution >= 4 is 17.5 Å². The van der Waals surface area contributed by atoms with Gasteiger partial charge in [0.1, 0.15) is 12.4 Å². The van der Waals surface area contributed by atoms with Crippen molar-refractivity contribution in [3.63, 3.8) is 0 Å². The maximum Gasteiger partial charge on any atom is 0.311 e. The molecule has 0 saturated heterocycles. The molecule has 3 aromatic rings. The van der Waals surface area contributed by atoms with Gasteiger partial charge in [-0.3, -0.25) is 30.6 Å². The Labute approximate surface area is 182 Å². The molecule has 0 fully saturated rings. The molecule has 0 unspecified atom stereocenters. The zero-order valence-electron chi connectivity index (χ0n) is 16.9. The fourth-order valence-corrected chi connectivity index (χ4v) is 2.76. The van der Waals surface area contributed by atoms with Gasteiger partial charge in [0.25, 0.3) is 5.91 Å². The molecule has 10 heteroatoms. The lowest BCUT2D eigenvalue weighted by Crippen LogP contribution is -2.41. The largest absolute Gasteiger partial charge is 0.502 e. The van der Waals surface area contributed by atoms with Gasteiger partial charge in [0.2, 0.25) is 5.76 Å². The fraction of sp³-hybridized carbons (Fsp3) is 0.0909. The number of hydrazine groups is 1. The van der Waals surface area contributed by atoms with E-state index in [4.69, 9.17) is 9.15 Å². The lowest BCUT2D eigenvalue weighted by molar-refractivity contribution is -0.385. The third-order valence-electron chi connectivity index (χ3n) is 4.32. The summed E-state index contributed by atoms with van der Waals surface area (Å²) in [6, 6.07) is 11.8. The highest BCUT2D eigenvalue weighted by Crippen LogP contribution is 2.28. The molecule has 3 rings (SSSR count). The first-order chi connectivity index (χ1) is 15.4. The fourth-order valence-electron chi connectivity index (χ4n) is 2.76. The van der Waals surface area contributed by atoms with Crippen molar-refractivity contribution in [2.75, 3.05) is 6.61 Å². The molecule has 0 radical (unpaired) electrons. The van der Waals surface area contributed by atoms with Crippen molar-refractivity contribution in [3.05, 3.63) is 88.4 Å². The van der Waals surface area contributed by atoms with Crippen LogP contribution in [0.25, 0.3) is 11.1 Å². The molecule has 164 valence electrons. The van der Waals surface area contributed by atoms with Crippen molar-refractivity contribution in [1.29, 1.82) is 0 Å². The lowest BCUT2D eigenvalue weighted by Gasteiger charge is -2.09. The first-order valence-electron chi connectivity index (χ1n) is 9.40. The van der Waals surface area contributed by atoms with E-state index in [-0.39, 0.29) is 11.3 Å². The highest BCUT2D eigenvalue weighted by Gasteiger charge is 2.20. The predicted octanol–water partition coefficient (Wildman–Crippen LogP) is 3.59. The molecule has 0 atom stereocenters. The number of furan rings is 1. The van der Waals surface area contributed by atoms with E-state index < -0.39 is 28.2 Å².